The summed E-state index contributed by atoms with van der Waals surface area (Å²) in [5, 5.41) is 10.1. The number of carbonyl (C=O) groups excluding carboxylic acids is 1. The molecule has 1 heterocycles. The normalized spacial score (nSPS) is 16.4. The van der Waals surface area contributed by atoms with Gasteiger partial charge in [-0.25, -0.2) is 4.39 Å². The number of nitrogens with zero attached hydrogens (tertiary/aromatic N) is 2. The Bertz CT molecular complexity index is 867. The van der Waals surface area contributed by atoms with Gasteiger partial charge in [0, 0.05) is 32.7 Å². The van der Waals surface area contributed by atoms with Gasteiger partial charge in [0.25, 0.3) is 5.91 Å². The van der Waals surface area contributed by atoms with Crippen LogP contribution in [0.25, 0.3) is 0 Å². The fraction of sp³-hybridized carbons (Fsp3) is 0.381. The number of para-hydroxylation sites is 1. The van der Waals surface area contributed by atoms with E-state index in [1.165, 1.54) is 41.3 Å². The molecule has 0 radical (unpaired) electrons. The Kier molecular flexibility index (Phi) is 6.94. The van der Waals surface area contributed by atoms with Crippen molar-refractivity contribution in [3.05, 3.63) is 65.5 Å². The summed E-state index contributed by atoms with van der Waals surface area (Å²) in [4.78, 5) is 15.9. The van der Waals surface area contributed by atoms with E-state index in [9.17, 15) is 27.5 Å². The molecular formula is C21H22F4N2O3. The molecule has 1 saturated heterocycles. The van der Waals surface area contributed by atoms with E-state index in [1.807, 2.05) is 4.90 Å². The monoisotopic (exact) mass is 426 g/mol. The van der Waals surface area contributed by atoms with E-state index >= 15 is 0 Å². The predicted molar refractivity (Wildman–Crippen MR) is 102 cm³/mol. The van der Waals surface area contributed by atoms with Crippen LogP contribution in [-0.2, 0) is 6.18 Å². The maximum absolute atomic E-state index is 13.5. The molecule has 162 valence electrons. The quantitative estimate of drug-likeness (QED) is 0.722. The van der Waals surface area contributed by atoms with Crippen LogP contribution < -0.4 is 4.74 Å². The van der Waals surface area contributed by atoms with Gasteiger partial charge in [-0.2, -0.15) is 13.2 Å². The van der Waals surface area contributed by atoms with E-state index in [2.05, 4.69) is 0 Å². The lowest BCUT2D eigenvalue weighted by molar-refractivity contribution is -0.138. The van der Waals surface area contributed by atoms with Gasteiger partial charge in [0.05, 0.1) is 11.1 Å². The van der Waals surface area contributed by atoms with Gasteiger partial charge in [-0.15, -0.1) is 0 Å². The lowest BCUT2D eigenvalue weighted by Crippen LogP contribution is -2.51. The fourth-order valence-electron chi connectivity index (χ4n) is 3.32. The zero-order valence-corrected chi connectivity index (χ0v) is 16.1. The van der Waals surface area contributed by atoms with Crippen LogP contribution in [0.3, 0.4) is 0 Å². The minimum Gasteiger partial charge on any atom is -0.488 e. The van der Waals surface area contributed by atoms with Gasteiger partial charge in [0.2, 0.25) is 0 Å². The van der Waals surface area contributed by atoms with Crippen molar-refractivity contribution in [2.24, 2.45) is 0 Å². The number of alkyl halides is 3. The average Bonchev–Trinajstić information content (AvgIpc) is 2.72. The third-order valence-electron chi connectivity index (χ3n) is 4.86. The number of aliphatic hydroxyl groups excluding tert-OH is 1. The first-order chi connectivity index (χ1) is 14.3. The van der Waals surface area contributed by atoms with Gasteiger partial charge in [-0.3, -0.25) is 9.69 Å². The van der Waals surface area contributed by atoms with Crippen LogP contribution in [0.2, 0.25) is 0 Å². The van der Waals surface area contributed by atoms with Crippen LogP contribution in [0.5, 0.6) is 5.75 Å². The molecule has 0 saturated carbocycles. The van der Waals surface area contributed by atoms with Crippen molar-refractivity contribution in [1.29, 1.82) is 0 Å². The molecular weight excluding hydrogens is 404 g/mol. The molecule has 1 fully saturated rings. The largest absolute Gasteiger partial charge is 0.488 e. The van der Waals surface area contributed by atoms with Crippen molar-refractivity contribution in [3.8, 4) is 5.75 Å². The molecule has 2 aromatic carbocycles. The molecule has 9 heteroatoms. The van der Waals surface area contributed by atoms with Gasteiger partial charge in [-0.05, 0) is 24.3 Å². The standard InChI is InChI=1S/C21H22F4N2O3/c22-18-7-3-4-8-19(18)30-14-15(28)13-26-9-11-27(12-10-26)20(29)16-5-1-2-6-17(16)21(23,24)25/h1-8,15,28H,9-14H2. The second kappa shape index (κ2) is 9.44. The van der Waals surface area contributed by atoms with E-state index in [4.69, 9.17) is 4.74 Å². The van der Waals surface area contributed by atoms with Crippen LogP contribution >= 0.6 is 0 Å². The third-order valence-corrected chi connectivity index (χ3v) is 4.86. The molecule has 0 spiro atoms. The highest BCUT2D eigenvalue weighted by molar-refractivity contribution is 5.96. The molecule has 1 unspecified atom stereocenters. The lowest BCUT2D eigenvalue weighted by Gasteiger charge is -2.36. The third kappa shape index (κ3) is 5.48. The van der Waals surface area contributed by atoms with Crippen LogP contribution in [0, 0.1) is 5.82 Å². The number of hydrogen-bond donors (Lipinski definition) is 1. The highest BCUT2D eigenvalue weighted by Gasteiger charge is 2.36. The van der Waals surface area contributed by atoms with Gasteiger partial charge >= 0.3 is 6.18 Å². The molecule has 1 N–H and O–H groups in total. The molecule has 1 aliphatic heterocycles. The molecule has 2 aromatic rings. The maximum Gasteiger partial charge on any atom is 0.417 e. The molecule has 5 nitrogen and oxygen atoms in total. The Morgan fingerprint density at radius 1 is 1.03 bits per heavy atom. The summed E-state index contributed by atoms with van der Waals surface area (Å²) in [5.41, 5.74) is -1.31. The van der Waals surface area contributed by atoms with E-state index in [0.29, 0.717) is 13.1 Å². The summed E-state index contributed by atoms with van der Waals surface area (Å²) in [5.74, 6) is -1.13. The Morgan fingerprint density at radius 2 is 1.67 bits per heavy atom. The Labute approximate surface area is 171 Å². The minimum atomic E-state index is -4.60. The highest BCUT2D eigenvalue weighted by atomic mass is 19.4. The Hall–Kier alpha value is -2.65. The van der Waals surface area contributed by atoms with E-state index in [-0.39, 0.29) is 37.6 Å². The highest BCUT2D eigenvalue weighted by Crippen LogP contribution is 2.32. The summed E-state index contributed by atoms with van der Waals surface area (Å²) in [7, 11) is 0. The van der Waals surface area contributed by atoms with Crippen molar-refractivity contribution < 1.29 is 32.2 Å². The van der Waals surface area contributed by atoms with Crippen LogP contribution in [-0.4, -0.2) is 66.2 Å². The van der Waals surface area contributed by atoms with Crippen molar-refractivity contribution in [3.63, 3.8) is 0 Å². The summed E-state index contributed by atoms with van der Waals surface area (Å²) in [6, 6.07) is 10.6. The molecule has 0 bridgehead atoms. The summed E-state index contributed by atoms with van der Waals surface area (Å²) in [6.45, 7) is 1.43. The Balaban J connectivity index is 1.50. The lowest BCUT2D eigenvalue weighted by atomic mass is 10.1. The zero-order chi connectivity index (χ0) is 21.7. The minimum absolute atomic E-state index is 0.0512. The van der Waals surface area contributed by atoms with E-state index < -0.39 is 29.6 Å². The average molecular weight is 426 g/mol. The number of piperazine rings is 1. The molecule has 0 aromatic heterocycles. The van der Waals surface area contributed by atoms with E-state index in [1.54, 1.807) is 6.07 Å². The molecule has 30 heavy (non-hydrogen) atoms. The zero-order valence-electron chi connectivity index (χ0n) is 16.1. The Morgan fingerprint density at radius 3 is 2.33 bits per heavy atom. The first-order valence-electron chi connectivity index (χ1n) is 9.49. The smallest absolute Gasteiger partial charge is 0.417 e. The number of carbonyl (C=O) groups is 1. The van der Waals surface area contributed by atoms with Gasteiger partial charge < -0.3 is 14.7 Å². The molecule has 1 amide bonds. The molecule has 0 aliphatic carbocycles. The van der Waals surface area contributed by atoms with Crippen molar-refractivity contribution in [1.82, 2.24) is 9.80 Å². The topological polar surface area (TPSA) is 53.0 Å². The van der Waals surface area contributed by atoms with Crippen LogP contribution in [0.1, 0.15) is 15.9 Å². The number of ether oxygens (including phenoxy) is 1. The number of amides is 1. The molecule has 3 rings (SSSR count). The van der Waals surface area contributed by atoms with Crippen LogP contribution in [0.15, 0.2) is 48.5 Å². The van der Waals surface area contributed by atoms with Crippen molar-refractivity contribution >= 4 is 5.91 Å². The molecule has 1 aliphatic rings. The number of hydrogen-bond acceptors (Lipinski definition) is 4. The number of benzene rings is 2. The van der Waals surface area contributed by atoms with E-state index in [0.717, 1.165) is 6.07 Å². The summed E-state index contributed by atoms with van der Waals surface area (Å²) >= 11 is 0. The van der Waals surface area contributed by atoms with Gasteiger partial charge in [0.15, 0.2) is 11.6 Å². The number of halogens is 4. The SMILES string of the molecule is O=C(c1ccccc1C(F)(F)F)N1CCN(CC(O)COc2ccccc2F)CC1. The first-order valence-corrected chi connectivity index (χ1v) is 9.49. The first kappa shape index (κ1) is 22.0. The number of aliphatic hydroxyl groups is 1. The maximum atomic E-state index is 13.5. The predicted octanol–water partition coefficient (Wildman–Crippen LogP) is 3.04. The number of β-amino-alcohol motifs (C(OH)–C–C–N with tert-alkyl or cyclic N) is 1. The van der Waals surface area contributed by atoms with Gasteiger partial charge in [0.1, 0.15) is 12.7 Å². The van der Waals surface area contributed by atoms with Crippen LogP contribution in [0.4, 0.5) is 17.6 Å². The van der Waals surface area contributed by atoms with Gasteiger partial charge in [-0.1, -0.05) is 24.3 Å². The fourth-order valence-corrected chi connectivity index (χ4v) is 3.32. The second-order valence-electron chi connectivity index (χ2n) is 7.03. The van der Waals surface area contributed by atoms with Crippen molar-refractivity contribution in [2.75, 3.05) is 39.3 Å². The number of rotatable bonds is 6. The summed E-state index contributed by atoms with van der Waals surface area (Å²) in [6.07, 6.45) is -5.48. The second-order valence-corrected chi connectivity index (χ2v) is 7.03. The summed E-state index contributed by atoms with van der Waals surface area (Å²) < 4.78 is 58.3. The molecule has 1 atom stereocenters. The van der Waals surface area contributed by atoms with Crippen molar-refractivity contribution in [2.45, 2.75) is 12.3 Å².